The van der Waals surface area contributed by atoms with Gasteiger partial charge in [-0.15, -0.1) is 0 Å². The summed E-state index contributed by atoms with van der Waals surface area (Å²) >= 11 is 10.8. The molecule has 0 radical (unpaired) electrons. The summed E-state index contributed by atoms with van der Waals surface area (Å²) in [6.45, 7) is 2.25. The molecule has 0 N–H and O–H groups in total. The lowest BCUT2D eigenvalue weighted by Crippen LogP contribution is -2.34. The predicted octanol–water partition coefficient (Wildman–Crippen LogP) is 1.90. The molecule has 0 aromatic rings. The standard InChI is InChI=1S/C7H9Cl2NO3/c1-2-3-4-10-5(11)7(8,9)13-6(10)12/h2-4H2,1H3. The number of cyclic esters (lactones) is 1. The zero-order chi connectivity index (χ0) is 10.1. The van der Waals surface area contributed by atoms with Gasteiger partial charge in [0.2, 0.25) is 0 Å². The average molecular weight is 226 g/mol. The molecule has 0 bridgehead atoms. The van der Waals surface area contributed by atoms with E-state index >= 15 is 0 Å². The van der Waals surface area contributed by atoms with Crippen LogP contribution in [0, 0.1) is 0 Å². The first-order chi connectivity index (χ1) is 5.99. The second-order valence-electron chi connectivity index (χ2n) is 2.70. The van der Waals surface area contributed by atoms with Gasteiger partial charge in [-0.2, -0.15) is 0 Å². The van der Waals surface area contributed by atoms with Crippen LogP contribution in [0.4, 0.5) is 4.79 Å². The van der Waals surface area contributed by atoms with Crippen LogP contribution in [0.1, 0.15) is 19.8 Å². The molecule has 1 fully saturated rings. The molecule has 0 aromatic carbocycles. The number of amides is 2. The first-order valence-corrected chi connectivity index (χ1v) is 4.67. The van der Waals surface area contributed by atoms with Crippen LogP contribution in [0.3, 0.4) is 0 Å². The van der Waals surface area contributed by atoms with Crippen molar-refractivity contribution < 1.29 is 14.3 Å². The lowest BCUT2D eigenvalue weighted by atomic mass is 10.3. The Morgan fingerprint density at radius 1 is 1.46 bits per heavy atom. The van der Waals surface area contributed by atoms with Gasteiger partial charge in [-0.25, -0.2) is 9.69 Å². The van der Waals surface area contributed by atoms with Crippen LogP contribution >= 0.6 is 23.2 Å². The number of nitrogens with zero attached hydrogens (tertiary/aromatic N) is 1. The molecule has 0 aliphatic carbocycles. The summed E-state index contributed by atoms with van der Waals surface area (Å²) in [5.41, 5.74) is 0. The second kappa shape index (κ2) is 3.72. The van der Waals surface area contributed by atoms with E-state index in [2.05, 4.69) is 4.74 Å². The summed E-state index contributed by atoms with van der Waals surface area (Å²) in [7, 11) is 0. The predicted molar refractivity (Wildman–Crippen MR) is 47.5 cm³/mol. The smallest absolute Gasteiger partial charge is 0.402 e. The molecule has 1 saturated heterocycles. The highest BCUT2D eigenvalue weighted by Crippen LogP contribution is 2.32. The van der Waals surface area contributed by atoms with Crippen molar-refractivity contribution in [3.05, 3.63) is 0 Å². The number of carbonyl (C=O) groups excluding carboxylic acids is 2. The fourth-order valence-corrected chi connectivity index (χ4v) is 1.29. The van der Waals surface area contributed by atoms with Crippen molar-refractivity contribution in [2.45, 2.75) is 24.3 Å². The molecule has 2 amide bonds. The Hall–Kier alpha value is -0.480. The van der Waals surface area contributed by atoms with E-state index in [-0.39, 0.29) is 0 Å². The van der Waals surface area contributed by atoms with Crippen molar-refractivity contribution in [2.24, 2.45) is 0 Å². The van der Waals surface area contributed by atoms with Crippen LogP contribution in [-0.4, -0.2) is 28.0 Å². The fourth-order valence-electron chi connectivity index (χ4n) is 0.957. The molecule has 1 rings (SSSR count). The van der Waals surface area contributed by atoms with E-state index in [1.807, 2.05) is 6.92 Å². The van der Waals surface area contributed by atoms with Crippen LogP contribution in [0.25, 0.3) is 0 Å². The average Bonchev–Trinajstić information content (AvgIpc) is 2.21. The van der Waals surface area contributed by atoms with Crippen LogP contribution in [0.5, 0.6) is 0 Å². The first-order valence-electron chi connectivity index (χ1n) is 3.92. The van der Waals surface area contributed by atoms with Gasteiger partial charge < -0.3 is 4.74 Å². The Morgan fingerprint density at radius 2 is 2.08 bits per heavy atom. The van der Waals surface area contributed by atoms with Gasteiger partial charge in [0.25, 0.3) is 0 Å². The van der Waals surface area contributed by atoms with Gasteiger partial charge in [0.15, 0.2) is 0 Å². The maximum absolute atomic E-state index is 11.3. The molecule has 0 saturated carbocycles. The molecule has 0 atom stereocenters. The van der Waals surface area contributed by atoms with Crippen molar-refractivity contribution in [3.63, 3.8) is 0 Å². The van der Waals surface area contributed by atoms with E-state index < -0.39 is 16.5 Å². The maximum Gasteiger partial charge on any atom is 0.419 e. The number of rotatable bonds is 3. The molecule has 0 spiro atoms. The number of hydrogen-bond donors (Lipinski definition) is 0. The summed E-state index contributed by atoms with van der Waals surface area (Å²) in [4.78, 5) is 23.2. The Balaban J connectivity index is 2.66. The minimum absolute atomic E-state index is 0.301. The van der Waals surface area contributed by atoms with Gasteiger partial charge in [-0.3, -0.25) is 4.79 Å². The fraction of sp³-hybridized carbons (Fsp3) is 0.714. The molecule has 1 aliphatic heterocycles. The molecule has 6 heteroatoms. The van der Waals surface area contributed by atoms with E-state index in [0.29, 0.717) is 13.0 Å². The van der Waals surface area contributed by atoms with Crippen LogP contribution in [0.2, 0.25) is 0 Å². The van der Waals surface area contributed by atoms with E-state index in [1.165, 1.54) is 0 Å². The van der Waals surface area contributed by atoms with Gasteiger partial charge in [0.1, 0.15) is 0 Å². The quantitative estimate of drug-likeness (QED) is 0.690. The summed E-state index contributed by atoms with van der Waals surface area (Å²) < 4.78 is 2.42. The van der Waals surface area contributed by atoms with Gasteiger partial charge >= 0.3 is 16.5 Å². The van der Waals surface area contributed by atoms with Crippen molar-refractivity contribution in [1.82, 2.24) is 4.90 Å². The first kappa shape index (κ1) is 10.6. The Labute approximate surface area is 85.7 Å². The third-order valence-corrected chi connectivity index (χ3v) is 2.14. The Morgan fingerprint density at radius 3 is 2.46 bits per heavy atom. The molecule has 0 unspecified atom stereocenters. The number of halogens is 2. The highest BCUT2D eigenvalue weighted by atomic mass is 35.5. The minimum Gasteiger partial charge on any atom is -0.402 e. The third-order valence-electron chi connectivity index (χ3n) is 1.67. The molecular formula is C7H9Cl2NO3. The molecule has 1 heterocycles. The lowest BCUT2D eigenvalue weighted by molar-refractivity contribution is -0.128. The monoisotopic (exact) mass is 225 g/mol. The van der Waals surface area contributed by atoms with Gasteiger partial charge in [-0.05, 0) is 29.6 Å². The van der Waals surface area contributed by atoms with Gasteiger partial charge in [-0.1, -0.05) is 13.3 Å². The molecule has 1 aliphatic rings. The van der Waals surface area contributed by atoms with E-state index in [1.54, 1.807) is 0 Å². The number of unbranched alkanes of at least 4 members (excludes halogenated alkanes) is 1. The lowest BCUT2D eigenvalue weighted by Gasteiger charge is -2.09. The summed E-state index contributed by atoms with van der Waals surface area (Å²) in [5.74, 6) is -0.700. The largest absolute Gasteiger partial charge is 0.419 e. The van der Waals surface area contributed by atoms with Crippen LogP contribution in [-0.2, 0) is 9.53 Å². The zero-order valence-electron chi connectivity index (χ0n) is 7.05. The normalized spacial score (nSPS) is 20.7. The number of imide groups is 1. The molecule has 4 nitrogen and oxygen atoms in total. The molecule has 13 heavy (non-hydrogen) atoms. The molecule has 0 aromatic heterocycles. The van der Waals surface area contributed by atoms with Crippen molar-refractivity contribution >= 4 is 35.2 Å². The highest BCUT2D eigenvalue weighted by Gasteiger charge is 2.51. The molecule has 74 valence electrons. The SMILES string of the molecule is CCCCN1C(=O)OC(Cl)(Cl)C1=O. The highest BCUT2D eigenvalue weighted by molar-refractivity contribution is 6.58. The van der Waals surface area contributed by atoms with E-state index in [4.69, 9.17) is 23.2 Å². The van der Waals surface area contributed by atoms with E-state index in [0.717, 1.165) is 11.3 Å². The minimum atomic E-state index is -2.02. The van der Waals surface area contributed by atoms with Crippen molar-refractivity contribution in [1.29, 1.82) is 0 Å². The summed E-state index contributed by atoms with van der Waals surface area (Å²) in [6, 6.07) is 0. The summed E-state index contributed by atoms with van der Waals surface area (Å²) in [6.07, 6.45) is 0.808. The number of ether oxygens (including phenoxy) is 1. The number of alkyl halides is 2. The van der Waals surface area contributed by atoms with Gasteiger partial charge in [0, 0.05) is 6.54 Å². The number of carbonyl (C=O) groups is 2. The van der Waals surface area contributed by atoms with E-state index in [9.17, 15) is 9.59 Å². The second-order valence-corrected chi connectivity index (χ2v) is 3.95. The third kappa shape index (κ3) is 2.06. The molecular weight excluding hydrogens is 217 g/mol. The Bertz CT molecular complexity index is 242. The topological polar surface area (TPSA) is 46.6 Å². The Kier molecular flexibility index (Phi) is 3.03. The number of hydrogen-bond acceptors (Lipinski definition) is 3. The maximum atomic E-state index is 11.3. The van der Waals surface area contributed by atoms with Crippen molar-refractivity contribution in [2.75, 3.05) is 6.54 Å². The zero-order valence-corrected chi connectivity index (χ0v) is 8.56. The van der Waals surface area contributed by atoms with Crippen LogP contribution in [0.15, 0.2) is 0 Å². The summed E-state index contributed by atoms with van der Waals surface area (Å²) in [5, 5.41) is 0. The van der Waals surface area contributed by atoms with Crippen LogP contribution < -0.4 is 0 Å². The van der Waals surface area contributed by atoms with Gasteiger partial charge in [0.05, 0.1) is 0 Å². The van der Waals surface area contributed by atoms with Crippen molar-refractivity contribution in [3.8, 4) is 0 Å².